The van der Waals surface area contributed by atoms with Crippen molar-refractivity contribution in [3.8, 4) is 0 Å². The first-order chi connectivity index (χ1) is 10.3. The molecule has 0 atom stereocenters. The first-order valence-corrected chi connectivity index (χ1v) is 7.32. The molecule has 0 aliphatic carbocycles. The minimum absolute atomic E-state index is 0.286. The van der Waals surface area contributed by atoms with Crippen LogP contribution >= 0.6 is 0 Å². The third-order valence-corrected chi connectivity index (χ3v) is 3.36. The Kier molecular flexibility index (Phi) is 5.38. The number of nitrogens with zero attached hydrogens (tertiary/aromatic N) is 1. The molecule has 3 heteroatoms. The molecular formula is C18H21NO2. The zero-order valence-corrected chi connectivity index (χ0v) is 12.6. The van der Waals surface area contributed by atoms with Crippen molar-refractivity contribution in [1.29, 1.82) is 0 Å². The van der Waals surface area contributed by atoms with E-state index in [0.29, 0.717) is 13.2 Å². The van der Waals surface area contributed by atoms with Gasteiger partial charge in [0, 0.05) is 30.2 Å². The summed E-state index contributed by atoms with van der Waals surface area (Å²) in [5, 5.41) is 2.45. The molecule has 2 rings (SSSR count). The largest absolute Gasteiger partial charge is 0.463 e. The Hall–Kier alpha value is -2.29. The fraction of sp³-hybridized carbons (Fsp3) is 0.278. The van der Waals surface area contributed by atoms with Crippen LogP contribution in [0.5, 0.6) is 0 Å². The molecule has 0 unspecified atom stereocenters. The van der Waals surface area contributed by atoms with Gasteiger partial charge in [-0.1, -0.05) is 42.5 Å². The van der Waals surface area contributed by atoms with Gasteiger partial charge in [0.15, 0.2) is 0 Å². The Morgan fingerprint density at radius 1 is 1.14 bits per heavy atom. The highest BCUT2D eigenvalue weighted by Gasteiger charge is 2.06. The quantitative estimate of drug-likeness (QED) is 0.597. The number of carbonyl (C=O) groups excluding carboxylic acids is 1. The maximum atomic E-state index is 11.3. The molecule has 21 heavy (non-hydrogen) atoms. The van der Waals surface area contributed by atoms with E-state index in [4.69, 9.17) is 4.74 Å². The van der Waals surface area contributed by atoms with Gasteiger partial charge in [-0.2, -0.15) is 0 Å². The van der Waals surface area contributed by atoms with E-state index in [1.54, 1.807) is 6.92 Å². The molecule has 2 aromatic rings. The number of carbonyl (C=O) groups is 1. The summed E-state index contributed by atoms with van der Waals surface area (Å²) in [6.07, 6.45) is 3.35. The summed E-state index contributed by atoms with van der Waals surface area (Å²) in [7, 11) is 0. The van der Waals surface area contributed by atoms with Gasteiger partial charge in [0.25, 0.3) is 0 Å². The van der Waals surface area contributed by atoms with Gasteiger partial charge in [-0.15, -0.1) is 0 Å². The van der Waals surface area contributed by atoms with E-state index in [1.807, 2.05) is 18.2 Å². The van der Waals surface area contributed by atoms with Gasteiger partial charge in [0.2, 0.25) is 0 Å². The van der Waals surface area contributed by atoms with Crippen LogP contribution in [0.2, 0.25) is 0 Å². The maximum absolute atomic E-state index is 11.3. The average molecular weight is 283 g/mol. The van der Waals surface area contributed by atoms with Crippen molar-refractivity contribution in [3.05, 3.63) is 54.6 Å². The number of esters is 1. The second kappa shape index (κ2) is 7.48. The van der Waals surface area contributed by atoms with Crippen LogP contribution in [0.1, 0.15) is 13.8 Å². The fourth-order valence-corrected chi connectivity index (χ4v) is 2.35. The van der Waals surface area contributed by atoms with Crippen LogP contribution in [0, 0.1) is 0 Å². The molecule has 0 amide bonds. The van der Waals surface area contributed by atoms with E-state index in [0.717, 1.165) is 6.54 Å². The van der Waals surface area contributed by atoms with E-state index >= 15 is 0 Å². The van der Waals surface area contributed by atoms with Crippen molar-refractivity contribution in [2.24, 2.45) is 0 Å². The molecule has 0 N–H and O–H groups in total. The monoisotopic (exact) mass is 283 g/mol. The van der Waals surface area contributed by atoms with Gasteiger partial charge in [0.1, 0.15) is 0 Å². The summed E-state index contributed by atoms with van der Waals surface area (Å²) < 4.78 is 4.89. The highest BCUT2D eigenvalue weighted by atomic mass is 16.5. The van der Waals surface area contributed by atoms with Gasteiger partial charge in [-0.05, 0) is 25.3 Å². The molecule has 0 radical (unpaired) electrons. The van der Waals surface area contributed by atoms with Gasteiger partial charge >= 0.3 is 5.97 Å². The molecule has 0 aliphatic heterocycles. The van der Waals surface area contributed by atoms with Crippen LogP contribution in [0.3, 0.4) is 0 Å². The molecule has 0 saturated carbocycles. The number of fused-ring (bicyclic) bond motifs is 1. The van der Waals surface area contributed by atoms with Crippen molar-refractivity contribution in [3.63, 3.8) is 0 Å². The normalized spacial score (nSPS) is 11.0. The minimum Gasteiger partial charge on any atom is -0.463 e. The average Bonchev–Trinajstić information content (AvgIpc) is 2.51. The molecule has 0 heterocycles. The number of hydrogen-bond donors (Lipinski definition) is 0. The lowest BCUT2D eigenvalue weighted by molar-refractivity contribution is -0.137. The number of anilines is 1. The summed E-state index contributed by atoms with van der Waals surface area (Å²) in [6, 6.07) is 14.6. The third-order valence-electron chi connectivity index (χ3n) is 3.36. The third kappa shape index (κ3) is 3.85. The molecule has 2 aromatic carbocycles. The highest BCUT2D eigenvalue weighted by molar-refractivity contribution is 5.94. The Morgan fingerprint density at radius 3 is 2.67 bits per heavy atom. The van der Waals surface area contributed by atoms with E-state index < -0.39 is 0 Å². The van der Waals surface area contributed by atoms with Crippen LogP contribution < -0.4 is 4.90 Å². The number of benzene rings is 2. The van der Waals surface area contributed by atoms with E-state index in [1.165, 1.54) is 22.5 Å². The summed E-state index contributed by atoms with van der Waals surface area (Å²) >= 11 is 0. The number of hydrogen-bond acceptors (Lipinski definition) is 3. The summed E-state index contributed by atoms with van der Waals surface area (Å²) in [5.74, 6) is -0.286. The van der Waals surface area contributed by atoms with E-state index in [2.05, 4.69) is 42.2 Å². The summed E-state index contributed by atoms with van der Waals surface area (Å²) in [5.41, 5.74) is 1.18. The van der Waals surface area contributed by atoms with E-state index in [-0.39, 0.29) is 5.97 Å². The molecule has 3 nitrogen and oxygen atoms in total. The van der Waals surface area contributed by atoms with Crippen molar-refractivity contribution in [2.75, 3.05) is 24.6 Å². The lowest BCUT2D eigenvalue weighted by Gasteiger charge is -2.23. The highest BCUT2D eigenvalue weighted by Crippen LogP contribution is 2.26. The lowest BCUT2D eigenvalue weighted by atomic mass is 10.1. The Bertz CT molecular complexity index is 629. The molecule has 0 spiro atoms. The Balaban J connectivity index is 2.18. The zero-order valence-electron chi connectivity index (χ0n) is 12.6. The van der Waals surface area contributed by atoms with Crippen molar-refractivity contribution < 1.29 is 9.53 Å². The predicted molar refractivity (Wildman–Crippen MR) is 87.6 cm³/mol. The second-order valence-electron chi connectivity index (χ2n) is 4.69. The van der Waals surface area contributed by atoms with Crippen LogP contribution in [0.15, 0.2) is 54.6 Å². The van der Waals surface area contributed by atoms with E-state index in [9.17, 15) is 4.79 Å². The summed E-state index contributed by atoms with van der Waals surface area (Å²) in [4.78, 5) is 13.6. The predicted octanol–water partition coefficient (Wildman–Crippen LogP) is 3.79. The minimum atomic E-state index is -0.286. The van der Waals surface area contributed by atoms with Crippen molar-refractivity contribution >= 4 is 22.4 Å². The zero-order chi connectivity index (χ0) is 15.1. The lowest BCUT2D eigenvalue weighted by Crippen LogP contribution is -2.23. The van der Waals surface area contributed by atoms with Crippen LogP contribution in [0.4, 0.5) is 5.69 Å². The Labute approximate surface area is 125 Å². The topological polar surface area (TPSA) is 29.5 Å². The van der Waals surface area contributed by atoms with Gasteiger partial charge in [-0.25, -0.2) is 4.79 Å². The Morgan fingerprint density at radius 2 is 1.90 bits per heavy atom. The molecule has 0 fully saturated rings. The second-order valence-corrected chi connectivity index (χ2v) is 4.69. The van der Waals surface area contributed by atoms with Gasteiger partial charge in [0.05, 0.1) is 6.61 Å². The SMILES string of the molecule is CCOC(=O)/C=C/CN(CC)c1cccc2ccccc12. The smallest absolute Gasteiger partial charge is 0.330 e. The number of likely N-dealkylation sites (N-methyl/N-ethyl adjacent to an activating group) is 1. The van der Waals surface area contributed by atoms with Crippen LogP contribution in [0.25, 0.3) is 10.8 Å². The molecule has 0 aliphatic rings. The van der Waals surface area contributed by atoms with Gasteiger partial charge in [-0.3, -0.25) is 0 Å². The van der Waals surface area contributed by atoms with Crippen molar-refractivity contribution in [1.82, 2.24) is 0 Å². The molecular weight excluding hydrogens is 262 g/mol. The number of ether oxygens (including phenoxy) is 1. The first-order valence-electron chi connectivity index (χ1n) is 7.32. The van der Waals surface area contributed by atoms with Crippen LogP contribution in [-0.2, 0) is 9.53 Å². The standard InChI is InChI=1S/C18H21NO2/c1-3-19(14-8-13-18(20)21-4-2)17-12-7-10-15-9-5-6-11-16(15)17/h5-13H,3-4,14H2,1-2H3/b13-8+. The summed E-state index contributed by atoms with van der Waals surface area (Å²) in [6.45, 7) is 5.88. The van der Waals surface area contributed by atoms with Crippen LogP contribution in [-0.4, -0.2) is 25.7 Å². The molecule has 0 saturated heterocycles. The maximum Gasteiger partial charge on any atom is 0.330 e. The molecule has 110 valence electrons. The molecule has 0 aromatic heterocycles. The van der Waals surface area contributed by atoms with Crippen molar-refractivity contribution in [2.45, 2.75) is 13.8 Å². The molecule has 0 bridgehead atoms. The fourth-order valence-electron chi connectivity index (χ4n) is 2.35. The first kappa shape index (κ1) is 15.1. The number of rotatable bonds is 6. The van der Waals surface area contributed by atoms with Gasteiger partial charge < -0.3 is 9.64 Å².